The molecule has 0 aromatic heterocycles. The van der Waals surface area contributed by atoms with Gasteiger partial charge >= 0.3 is 0 Å². The molecule has 17 heavy (non-hydrogen) atoms. The van der Waals surface area contributed by atoms with Crippen LogP contribution in [0, 0.1) is 17.8 Å². The van der Waals surface area contributed by atoms with Crippen molar-refractivity contribution in [3.63, 3.8) is 0 Å². The molecular formula is C13H26N2O2. The first-order chi connectivity index (χ1) is 8.02. The molecule has 0 aromatic carbocycles. The van der Waals surface area contributed by atoms with Crippen LogP contribution < -0.4 is 5.43 Å². The summed E-state index contributed by atoms with van der Waals surface area (Å²) in [6.45, 7) is 4.52. The van der Waals surface area contributed by atoms with Crippen molar-refractivity contribution in [2.75, 3.05) is 21.2 Å². The van der Waals surface area contributed by atoms with Crippen LogP contribution in [0.3, 0.4) is 0 Å². The van der Waals surface area contributed by atoms with E-state index in [9.17, 15) is 0 Å². The largest absolute Gasteiger partial charge is 0.356 e. The van der Waals surface area contributed by atoms with Gasteiger partial charge in [0.15, 0.2) is 6.29 Å². The summed E-state index contributed by atoms with van der Waals surface area (Å²) >= 11 is 0. The molecule has 4 heteroatoms. The zero-order chi connectivity index (χ0) is 12.6. The molecule has 0 aromatic rings. The number of methoxy groups -OCH3 is 1. The average Bonchev–Trinajstić information content (AvgIpc) is 2.91. The highest BCUT2D eigenvalue weighted by atomic mass is 16.7. The zero-order valence-corrected chi connectivity index (χ0v) is 11.6. The third kappa shape index (κ3) is 2.99. The molecule has 0 amide bonds. The molecule has 1 saturated carbocycles. The Morgan fingerprint density at radius 1 is 1.35 bits per heavy atom. The minimum absolute atomic E-state index is 0.0311. The van der Waals surface area contributed by atoms with E-state index >= 15 is 0 Å². The lowest BCUT2D eigenvalue weighted by Gasteiger charge is -2.31. The summed E-state index contributed by atoms with van der Waals surface area (Å²) in [6, 6.07) is 0.403. The summed E-state index contributed by atoms with van der Waals surface area (Å²) in [6.07, 6.45) is 2.76. The summed E-state index contributed by atoms with van der Waals surface area (Å²) in [7, 11) is 5.83. The van der Waals surface area contributed by atoms with Crippen molar-refractivity contribution in [1.29, 1.82) is 0 Å². The molecule has 2 fully saturated rings. The predicted octanol–water partition coefficient (Wildman–Crippen LogP) is 1.47. The van der Waals surface area contributed by atoms with Crippen molar-refractivity contribution in [2.24, 2.45) is 17.8 Å². The van der Waals surface area contributed by atoms with Gasteiger partial charge in [-0.3, -0.25) is 5.01 Å². The third-order valence-corrected chi connectivity index (χ3v) is 3.73. The molecule has 4 nitrogen and oxygen atoms in total. The summed E-state index contributed by atoms with van der Waals surface area (Å²) in [5.41, 5.74) is 3.51. The second-order valence-corrected chi connectivity index (χ2v) is 6.03. The van der Waals surface area contributed by atoms with Gasteiger partial charge in [0.2, 0.25) is 0 Å². The van der Waals surface area contributed by atoms with Crippen LogP contribution in [0.15, 0.2) is 0 Å². The molecule has 2 rings (SSSR count). The maximum Gasteiger partial charge on any atom is 0.160 e. The van der Waals surface area contributed by atoms with Crippen molar-refractivity contribution < 1.29 is 9.47 Å². The lowest BCUT2D eigenvalue weighted by Crippen LogP contribution is -2.48. The monoisotopic (exact) mass is 242 g/mol. The number of hydrogen-bond acceptors (Lipinski definition) is 4. The first-order valence-electron chi connectivity index (χ1n) is 6.64. The molecule has 5 atom stereocenters. The highest BCUT2D eigenvalue weighted by Crippen LogP contribution is 2.53. The van der Waals surface area contributed by atoms with Crippen molar-refractivity contribution >= 4 is 0 Å². The number of ether oxygens (including phenoxy) is 2. The van der Waals surface area contributed by atoms with Crippen LogP contribution in [0.25, 0.3) is 0 Å². The second-order valence-electron chi connectivity index (χ2n) is 6.03. The maximum atomic E-state index is 6.03. The summed E-state index contributed by atoms with van der Waals surface area (Å²) in [4.78, 5) is 0. The number of hydrazine groups is 1. The van der Waals surface area contributed by atoms with Gasteiger partial charge < -0.3 is 9.47 Å². The Kier molecular flexibility index (Phi) is 4.08. The Morgan fingerprint density at radius 2 is 2.06 bits per heavy atom. The molecule has 1 N–H and O–H groups in total. The highest BCUT2D eigenvalue weighted by Gasteiger charge is 2.58. The van der Waals surface area contributed by atoms with Crippen LogP contribution in [0.1, 0.15) is 26.7 Å². The van der Waals surface area contributed by atoms with Gasteiger partial charge in [-0.05, 0) is 24.7 Å². The lowest BCUT2D eigenvalue weighted by molar-refractivity contribution is -0.147. The summed E-state index contributed by atoms with van der Waals surface area (Å²) in [5, 5.41) is 2.04. The summed E-state index contributed by atoms with van der Waals surface area (Å²) < 4.78 is 11.4. The molecule has 100 valence electrons. The molecular weight excluding hydrogens is 216 g/mol. The molecule has 0 radical (unpaired) electrons. The fraction of sp³-hybridized carbons (Fsp3) is 1.00. The van der Waals surface area contributed by atoms with E-state index in [4.69, 9.17) is 9.47 Å². The number of nitrogens with zero attached hydrogens (tertiary/aromatic N) is 1. The van der Waals surface area contributed by atoms with E-state index in [2.05, 4.69) is 19.3 Å². The number of fused-ring (bicyclic) bond motifs is 1. The van der Waals surface area contributed by atoms with E-state index in [1.807, 2.05) is 19.1 Å². The van der Waals surface area contributed by atoms with Gasteiger partial charge in [-0.25, -0.2) is 5.43 Å². The van der Waals surface area contributed by atoms with Gasteiger partial charge in [0.25, 0.3) is 0 Å². The van der Waals surface area contributed by atoms with Crippen LogP contribution in [0.5, 0.6) is 0 Å². The minimum Gasteiger partial charge on any atom is -0.356 e. The molecule has 0 spiro atoms. The molecule has 1 aliphatic carbocycles. The van der Waals surface area contributed by atoms with E-state index < -0.39 is 0 Å². The lowest BCUT2D eigenvalue weighted by atomic mass is 9.97. The van der Waals surface area contributed by atoms with Gasteiger partial charge in [-0.15, -0.1) is 0 Å². The second kappa shape index (κ2) is 5.22. The van der Waals surface area contributed by atoms with Gasteiger partial charge in [-0.2, -0.15) is 0 Å². The van der Waals surface area contributed by atoms with Crippen LogP contribution in [0.2, 0.25) is 0 Å². The van der Waals surface area contributed by atoms with E-state index in [0.717, 1.165) is 6.42 Å². The third-order valence-electron chi connectivity index (χ3n) is 3.73. The molecule has 1 heterocycles. The molecule has 2 aliphatic rings. The van der Waals surface area contributed by atoms with Crippen LogP contribution in [-0.2, 0) is 9.47 Å². The molecule has 1 saturated heterocycles. The molecule has 0 unspecified atom stereocenters. The van der Waals surface area contributed by atoms with Gasteiger partial charge in [0.1, 0.15) is 0 Å². The van der Waals surface area contributed by atoms with Gasteiger partial charge in [0, 0.05) is 33.2 Å². The van der Waals surface area contributed by atoms with E-state index in [1.165, 1.54) is 6.42 Å². The standard InChI is InChI=1S/C13H26N2O2/c1-8(2)6-11(14-15(3)4)12-9-7-10(9)13(16-5)17-12/h8-14H,6-7H2,1-5H3/t9-,10+,11+,12+,13+/m1/s1. The van der Waals surface area contributed by atoms with E-state index in [1.54, 1.807) is 7.11 Å². The average molecular weight is 242 g/mol. The van der Waals surface area contributed by atoms with Crippen LogP contribution in [-0.4, -0.2) is 44.6 Å². The summed E-state index contributed by atoms with van der Waals surface area (Å²) in [5.74, 6) is 2.02. The SMILES string of the molecule is CO[C@H]1O[C@H]([C@H](CC(C)C)NN(C)C)[C@@H]2C[C@H]12. The van der Waals surface area contributed by atoms with Crippen molar-refractivity contribution in [1.82, 2.24) is 10.4 Å². The smallest absolute Gasteiger partial charge is 0.160 e. The quantitative estimate of drug-likeness (QED) is 0.715. The van der Waals surface area contributed by atoms with Crippen molar-refractivity contribution in [2.45, 2.75) is 45.1 Å². The van der Waals surface area contributed by atoms with E-state index in [-0.39, 0.29) is 6.29 Å². The highest BCUT2D eigenvalue weighted by molar-refractivity contribution is 5.03. The van der Waals surface area contributed by atoms with Crippen molar-refractivity contribution in [3.05, 3.63) is 0 Å². The van der Waals surface area contributed by atoms with Gasteiger partial charge in [0.05, 0.1) is 6.10 Å². The predicted molar refractivity (Wildman–Crippen MR) is 67.3 cm³/mol. The molecule has 0 bridgehead atoms. The Hall–Kier alpha value is -0.160. The Bertz CT molecular complexity index is 248. The number of hydrogen-bond donors (Lipinski definition) is 1. The fourth-order valence-electron chi connectivity index (χ4n) is 3.01. The van der Waals surface area contributed by atoms with Crippen LogP contribution in [0.4, 0.5) is 0 Å². The Labute approximate surface area is 105 Å². The maximum absolute atomic E-state index is 6.03. The van der Waals surface area contributed by atoms with E-state index in [0.29, 0.717) is 29.9 Å². The normalized spacial score (nSPS) is 37.6. The van der Waals surface area contributed by atoms with Gasteiger partial charge in [-0.1, -0.05) is 13.8 Å². The fourth-order valence-corrected chi connectivity index (χ4v) is 3.01. The topological polar surface area (TPSA) is 33.7 Å². The Balaban J connectivity index is 1.96. The zero-order valence-electron chi connectivity index (χ0n) is 11.6. The first kappa shape index (κ1) is 13.3. The van der Waals surface area contributed by atoms with Crippen molar-refractivity contribution in [3.8, 4) is 0 Å². The number of nitrogens with one attached hydrogen (secondary N) is 1. The first-order valence-corrected chi connectivity index (χ1v) is 6.64. The minimum atomic E-state index is 0.0311. The number of rotatable bonds is 6. The van der Waals surface area contributed by atoms with Crippen LogP contribution >= 0.6 is 0 Å². The Morgan fingerprint density at radius 3 is 2.53 bits per heavy atom. The molecule has 1 aliphatic heterocycles.